The zero-order valence-corrected chi connectivity index (χ0v) is 23.5. The van der Waals surface area contributed by atoms with Gasteiger partial charge in [0.1, 0.15) is 15.8 Å². The normalized spacial score (nSPS) is 11.2. The van der Waals surface area contributed by atoms with Crippen LogP contribution in [0.5, 0.6) is 5.75 Å². The number of phenols is 1. The maximum absolute atomic E-state index is 11.6. The van der Waals surface area contributed by atoms with E-state index in [0.717, 1.165) is 5.56 Å². The smallest absolute Gasteiger partial charge is 0.870 e. The van der Waals surface area contributed by atoms with Crippen LogP contribution < -0.4 is 64.8 Å². The summed E-state index contributed by atoms with van der Waals surface area (Å²) in [7, 11) is -8.04. The van der Waals surface area contributed by atoms with Gasteiger partial charge in [0.05, 0.1) is 17.2 Å². The Hall–Kier alpha value is -1.10. The molecule has 0 aliphatic heterocycles. The van der Waals surface area contributed by atoms with Crippen LogP contribution in [0, 0.1) is 6.92 Å². The molecule has 166 valence electrons. The summed E-state index contributed by atoms with van der Waals surface area (Å²) in [5.41, 5.74) is 6.93. The van der Waals surface area contributed by atoms with Crippen LogP contribution in [0.25, 0.3) is 10.8 Å². The zero-order valence-electron chi connectivity index (χ0n) is 17.8. The van der Waals surface area contributed by atoms with Gasteiger partial charge >= 0.3 is 59.1 Å². The Balaban J connectivity index is 0.00000341. The maximum atomic E-state index is 11.6. The first kappa shape index (κ1) is 31.9. The number of phenolic OH excluding ortho intramolecular Hbond substituents is 1. The van der Waals surface area contributed by atoms with E-state index in [-0.39, 0.29) is 87.7 Å². The number of hydrogen-bond acceptors (Lipinski definition) is 12. The van der Waals surface area contributed by atoms with Crippen molar-refractivity contribution in [3.05, 3.63) is 47.5 Å². The van der Waals surface area contributed by atoms with E-state index in [0.29, 0.717) is 17.3 Å². The Labute approximate surface area is 235 Å². The van der Waals surface area contributed by atoms with Gasteiger partial charge in [0.25, 0.3) is 0 Å². The molecule has 3 rings (SSSR count). The van der Waals surface area contributed by atoms with Crippen LogP contribution in [0.4, 0.5) is 17.1 Å². The minimum absolute atomic E-state index is 0. The molecule has 3 aromatic rings. The quantitative estimate of drug-likeness (QED) is 0.103. The average Bonchev–Trinajstić information content (AvgIpc) is 2.66. The van der Waals surface area contributed by atoms with Gasteiger partial charge in [0.2, 0.25) is 0 Å². The van der Waals surface area contributed by atoms with Gasteiger partial charge in [-0.15, -0.1) is 5.11 Å². The first-order valence-corrected chi connectivity index (χ1v) is 10.8. The molecule has 0 aromatic heterocycles. The number of hydrogen-bond donors (Lipinski definition) is 3. The van der Waals surface area contributed by atoms with Gasteiger partial charge in [-0.3, -0.25) is 0 Å². The van der Waals surface area contributed by atoms with Crippen molar-refractivity contribution in [3.8, 4) is 5.75 Å². The fourth-order valence-electron chi connectivity index (χ4n) is 2.93. The summed E-state index contributed by atoms with van der Waals surface area (Å²) in [5.74, 6) is -0.649. The van der Waals surface area contributed by atoms with Gasteiger partial charge in [0.15, 0.2) is 5.75 Å². The molecule has 0 unspecified atom stereocenters. The molecule has 0 aliphatic rings. The maximum Gasteiger partial charge on any atom is 1.00 e. The summed E-state index contributed by atoms with van der Waals surface area (Å²) >= 11 is 0. The first-order valence-electron chi connectivity index (χ1n) is 8.30. The summed E-state index contributed by atoms with van der Waals surface area (Å²) in [6, 6.07) is 8.07. The van der Waals surface area contributed by atoms with Gasteiger partial charge in [0, 0.05) is 22.0 Å². The third-order valence-corrected chi connectivity index (χ3v) is 5.91. The molecule has 0 radical (unpaired) electrons. The number of anilines is 1. The Morgan fingerprint density at radius 1 is 1.06 bits per heavy atom. The molecule has 0 fully saturated rings. The van der Waals surface area contributed by atoms with Crippen LogP contribution in [0.3, 0.4) is 0 Å². The standard InChI is InChI=1S/C18H16N3O7S2.2Na.H2O/c1-9-2-4-12(10(6-9)8-22)20-21-13-5-3-11-15(30(26,27)28)7-14(29(24)25)17(19)16(11)18(13)23;;;/h2-7,22-23H,8,19H2,1H3,(H,26,27,28);;;1H2/q-1;2*+1;/p-2. The van der Waals surface area contributed by atoms with Crippen molar-refractivity contribution in [3.63, 3.8) is 0 Å². The number of azo groups is 1. The van der Waals surface area contributed by atoms with Crippen molar-refractivity contribution >= 4 is 48.7 Å². The molecule has 33 heavy (non-hydrogen) atoms. The average molecular weight is 512 g/mol. The number of nitrogens with two attached hydrogens (primary N) is 1. The van der Waals surface area contributed by atoms with Gasteiger partial charge in [-0.05, 0) is 29.8 Å². The number of aryl methyl sites for hydroxylation is 1. The molecule has 0 atom stereocenters. The summed E-state index contributed by atoms with van der Waals surface area (Å²) < 4.78 is 57.6. The van der Waals surface area contributed by atoms with Crippen molar-refractivity contribution in [1.82, 2.24) is 0 Å². The van der Waals surface area contributed by atoms with E-state index in [9.17, 15) is 31.6 Å². The molecule has 0 heterocycles. The van der Waals surface area contributed by atoms with E-state index in [1.54, 1.807) is 18.2 Å². The van der Waals surface area contributed by atoms with Crippen molar-refractivity contribution in [2.24, 2.45) is 10.2 Å². The Morgan fingerprint density at radius 3 is 2.18 bits per heavy atom. The predicted molar refractivity (Wildman–Crippen MR) is 108 cm³/mol. The Kier molecular flexibility index (Phi) is 12.1. The molecule has 15 heteroatoms. The zero-order chi connectivity index (χ0) is 22.2. The van der Waals surface area contributed by atoms with E-state index in [1.165, 1.54) is 12.1 Å². The minimum Gasteiger partial charge on any atom is -0.870 e. The number of rotatable bonds is 5. The number of aliphatic hydroxyl groups excluding tert-OH is 1. The number of nitrogen functional groups attached to an aromatic ring is 1. The number of fused-ring (bicyclic) bond motifs is 1. The van der Waals surface area contributed by atoms with Crippen LogP contribution in [-0.2, 0) is 35.8 Å². The number of benzene rings is 3. The summed E-state index contributed by atoms with van der Waals surface area (Å²) in [6.07, 6.45) is 0. The molecule has 0 amide bonds. The summed E-state index contributed by atoms with van der Waals surface area (Å²) in [4.78, 5) is -1.49. The van der Waals surface area contributed by atoms with Crippen LogP contribution in [0.1, 0.15) is 11.1 Å². The van der Waals surface area contributed by atoms with E-state index in [4.69, 9.17) is 5.73 Å². The van der Waals surface area contributed by atoms with Gasteiger partial charge < -0.3 is 34.4 Å². The first-order chi connectivity index (χ1) is 14.0. The molecule has 5 N–H and O–H groups in total. The van der Waals surface area contributed by atoms with E-state index in [2.05, 4.69) is 10.2 Å². The molecular formula is C18H16N3Na2O8S2-. The van der Waals surface area contributed by atoms with Crippen molar-refractivity contribution in [2.75, 3.05) is 5.73 Å². The Morgan fingerprint density at radius 2 is 1.64 bits per heavy atom. The fourth-order valence-corrected chi connectivity index (χ4v) is 4.20. The SMILES string of the molecule is Cc1ccc(N=Nc2ccc3c(S(=O)(=O)[O-])cc([S-](=O)=O)c(N)c3c2O)c(CO)c1.[Na+].[Na+].[OH-]. The predicted octanol–water partition coefficient (Wildman–Crippen LogP) is -3.25. The number of aliphatic hydroxyl groups is 1. The van der Waals surface area contributed by atoms with Gasteiger partial charge in [-0.1, -0.05) is 34.7 Å². The molecule has 0 aliphatic carbocycles. The number of nitrogens with zero attached hydrogens (tertiary/aromatic N) is 2. The molecular weight excluding hydrogens is 496 g/mol. The van der Waals surface area contributed by atoms with Crippen LogP contribution in [0.15, 0.2) is 56.4 Å². The van der Waals surface area contributed by atoms with Crippen LogP contribution >= 0.6 is 0 Å². The van der Waals surface area contributed by atoms with Crippen molar-refractivity contribution < 1.29 is 96.2 Å². The van der Waals surface area contributed by atoms with Gasteiger partial charge in [-0.2, -0.15) is 5.11 Å². The molecule has 0 saturated carbocycles. The van der Waals surface area contributed by atoms with E-state index in [1.807, 2.05) is 6.92 Å². The van der Waals surface area contributed by atoms with Crippen LogP contribution in [-0.4, -0.2) is 28.7 Å². The van der Waals surface area contributed by atoms with Crippen molar-refractivity contribution in [2.45, 2.75) is 23.3 Å². The Bertz CT molecular complexity index is 1390. The second kappa shape index (κ2) is 12.6. The monoisotopic (exact) mass is 512 g/mol. The number of aromatic hydroxyl groups is 1. The van der Waals surface area contributed by atoms with Gasteiger partial charge in [-0.25, -0.2) is 8.42 Å². The largest absolute Gasteiger partial charge is 1.00 e. The van der Waals surface area contributed by atoms with E-state index >= 15 is 0 Å². The third-order valence-electron chi connectivity index (χ3n) is 4.34. The second-order valence-corrected chi connectivity index (χ2v) is 8.58. The topological polar surface area (TPSA) is 213 Å². The minimum atomic E-state index is -5.07. The van der Waals surface area contributed by atoms with Crippen LogP contribution in [0.2, 0.25) is 0 Å². The fraction of sp³-hybridized carbons (Fsp3) is 0.111. The second-order valence-electron chi connectivity index (χ2n) is 6.32. The van der Waals surface area contributed by atoms with Crippen molar-refractivity contribution in [1.29, 1.82) is 0 Å². The summed E-state index contributed by atoms with van der Waals surface area (Å²) in [6.45, 7) is 1.54. The molecule has 0 saturated heterocycles. The molecule has 11 nitrogen and oxygen atoms in total. The molecule has 3 aromatic carbocycles. The third kappa shape index (κ3) is 6.74. The van der Waals surface area contributed by atoms with E-state index < -0.39 is 42.1 Å². The summed E-state index contributed by atoms with van der Waals surface area (Å²) in [5, 5.41) is 27.3. The molecule has 0 bridgehead atoms. The molecule has 0 spiro atoms.